The molecule has 0 spiro atoms. The molecule has 10 aromatic rings. The zero-order valence-corrected chi connectivity index (χ0v) is 32.1. The van der Waals surface area contributed by atoms with E-state index in [4.69, 9.17) is 9.15 Å². The Labute approximate surface area is 337 Å². The molecule has 58 heavy (non-hydrogen) atoms. The number of fused-ring (bicyclic) bond motifs is 8. The lowest BCUT2D eigenvalue weighted by atomic mass is 9.92. The van der Waals surface area contributed by atoms with E-state index >= 15 is 0 Å². The third kappa shape index (κ3) is 5.74. The monoisotopic (exact) mass is 745 g/mol. The van der Waals surface area contributed by atoms with Crippen LogP contribution in [0.15, 0.2) is 205 Å². The van der Waals surface area contributed by atoms with E-state index in [2.05, 4.69) is 206 Å². The fraction of sp³-hybridized carbons (Fsp3) is 0.0545. The molecule has 11 rings (SSSR count). The summed E-state index contributed by atoms with van der Waals surface area (Å²) in [5.41, 5.74) is 11.9. The molecule has 1 aliphatic heterocycles. The minimum absolute atomic E-state index is 0.220. The predicted molar refractivity (Wildman–Crippen MR) is 242 cm³/mol. The maximum absolute atomic E-state index is 6.73. The molecular formula is C55H39NO2. The molecular weight excluding hydrogens is 707 g/mol. The van der Waals surface area contributed by atoms with Gasteiger partial charge in [-0.15, -0.1) is 0 Å². The van der Waals surface area contributed by atoms with E-state index in [-0.39, 0.29) is 5.92 Å². The Hall–Kier alpha value is -7.36. The van der Waals surface area contributed by atoms with Gasteiger partial charge in [0.1, 0.15) is 22.7 Å². The van der Waals surface area contributed by atoms with Crippen molar-refractivity contribution in [3.8, 4) is 28.0 Å². The van der Waals surface area contributed by atoms with E-state index in [9.17, 15) is 0 Å². The lowest BCUT2D eigenvalue weighted by molar-refractivity contribution is 0.511. The molecule has 276 valence electrons. The number of allylic oxidation sites excluding steroid dienone is 1. The predicted octanol–water partition coefficient (Wildman–Crippen LogP) is 15.6. The van der Waals surface area contributed by atoms with Crippen LogP contribution in [0, 0.1) is 0 Å². The van der Waals surface area contributed by atoms with Gasteiger partial charge in [0.25, 0.3) is 0 Å². The van der Waals surface area contributed by atoms with E-state index in [1.165, 1.54) is 38.2 Å². The number of para-hydroxylation sites is 1. The summed E-state index contributed by atoms with van der Waals surface area (Å²) in [7, 11) is 0. The smallest absolute Gasteiger partial charge is 0.135 e. The van der Waals surface area contributed by atoms with Gasteiger partial charge in [-0.25, -0.2) is 0 Å². The highest BCUT2D eigenvalue weighted by Gasteiger charge is 2.25. The summed E-state index contributed by atoms with van der Waals surface area (Å²) >= 11 is 0. The van der Waals surface area contributed by atoms with Gasteiger partial charge in [-0.2, -0.15) is 0 Å². The molecule has 0 fully saturated rings. The molecule has 0 bridgehead atoms. The molecule has 9 aromatic carbocycles. The van der Waals surface area contributed by atoms with E-state index in [1.54, 1.807) is 0 Å². The van der Waals surface area contributed by atoms with Crippen LogP contribution in [0.1, 0.15) is 30.4 Å². The van der Waals surface area contributed by atoms with Crippen molar-refractivity contribution in [1.29, 1.82) is 0 Å². The first-order valence-electron chi connectivity index (χ1n) is 20.1. The Balaban J connectivity index is 1.08. The third-order valence-electron chi connectivity index (χ3n) is 11.7. The largest absolute Gasteiger partial charge is 0.457 e. The molecule has 0 N–H and O–H groups in total. The van der Waals surface area contributed by atoms with Crippen LogP contribution in [0.25, 0.3) is 71.5 Å². The fourth-order valence-electron chi connectivity index (χ4n) is 8.96. The van der Waals surface area contributed by atoms with Gasteiger partial charge < -0.3 is 14.1 Å². The van der Waals surface area contributed by atoms with Crippen LogP contribution in [0.5, 0.6) is 5.75 Å². The van der Waals surface area contributed by atoms with Crippen molar-refractivity contribution in [1.82, 2.24) is 0 Å². The van der Waals surface area contributed by atoms with E-state index in [0.29, 0.717) is 0 Å². The van der Waals surface area contributed by atoms with Crippen molar-refractivity contribution in [3.05, 3.63) is 211 Å². The number of anilines is 3. The van der Waals surface area contributed by atoms with Crippen molar-refractivity contribution in [2.24, 2.45) is 0 Å². The fourth-order valence-corrected chi connectivity index (χ4v) is 8.96. The Kier molecular flexibility index (Phi) is 8.18. The van der Waals surface area contributed by atoms with Crippen molar-refractivity contribution >= 4 is 66.3 Å². The van der Waals surface area contributed by atoms with Gasteiger partial charge in [0.2, 0.25) is 0 Å². The number of rotatable bonds is 6. The number of hydrogen-bond acceptors (Lipinski definition) is 3. The third-order valence-corrected chi connectivity index (χ3v) is 11.7. The highest BCUT2D eigenvalue weighted by atomic mass is 16.5. The summed E-state index contributed by atoms with van der Waals surface area (Å²) in [6, 6.07) is 69.3. The summed E-state index contributed by atoms with van der Waals surface area (Å²) in [6.45, 7) is 2.29. The Morgan fingerprint density at radius 1 is 0.483 bits per heavy atom. The first-order valence-corrected chi connectivity index (χ1v) is 20.1. The van der Waals surface area contributed by atoms with Crippen molar-refractivity contribution in [2.75, 3.05) is 4.90 Å². The number of ether oxygens (including phenoxy) is 1. The molecule has 1 aliphatic rings. The minimum atomic E-state index is 0.220. The molecule has 3 nitrogen and oxygen atoms in total. The molecule has 1 atom stereocenters. The molecule has 0 amide bonds. The van der Waals surface area contributed by atoms with Gasteiger partial charge >= 0.3 is 0 Å². The first kappa shape index (κ1) is 33.9. The summed E-state index contributed by atoms with van der Waals surface area (Å²) in [5.74, 6) is 1.99. The van der Waals surface area contributed by atoms with Crippen LogP contribution in [-0.2, 0) is 0 Å². The average Bonchev–Trinajstić information content (AvgIpc) is 3.57. The van der Waals surface area contributed by atoms with Crippen molar-refractivity contribution in [3.63, 3.8) is 0 Å². The van der Waals surface area contributed by atoms with Gasteiger partial charge in [-0.3, -0.25) is 0 Å². The Morgan fingerprint density at radius 3 is 1.93 bits per heavy atom. The summed E-state index contributed by atoms with van der Waals surface area (Å²) in [5, 5.41) is 7.22. The normalized spacial score (nSPS) is 13.9. The van der Waals surface area contributed by atoms with E-state index in [0.717, 1.165) is 73.6 Å². The quantitative estimate of drug-likeness (QED) is 0.159. The number of nitrogens with zero attached hydrogens (tertiary/aromatic N) is 1. The minimum Gasteiger partial charge on any atom is -0.457 e. The van der Waals surface area contributed by atoms with E-state index in [1.807, 2.05) is 6.07 Å². The Morgan fingerprint density at radius 2 is 1.12 bits per heavy atom. The molecule has 0 aliphatic carbocycles. The second-order valence-electron chi connectivity index (χ2n) is 15.3. The second-order valence-corrected chi connectivity index (χ2v) is 15.3. The summed E-state index contributed by atoms with van der Waals surface area (Å²) < 4.78 is 13.3. The van der Waals surface area contributed by atoms with Crippen LogP contribution in [0.2, 0.25) is 0 Å². The standard InChI is InChI=1S/C55H39NO2/c1-36-24-30-50(39-16-6-3-7-17-39)57-52-32-33-53-55(54(36)52)48-35-42(29-31-51(48)58-53)56(49-23-13-12-20-44(49)37-14-4-2-5-15-37)41-27-25-38(26-28-41)47-34-40-18-8-9-19-43(40)45-21-10-11-22-46(45)47/h2-23,25-36H,24H2,1H3/t36-/m1/s1. The van der Waals surface area contributed by atoms with Gasteiger partial charge in [0.15, 0.2) is 0 Å². The van der Waals surface area contributed by atoms with Crippen LogP contribution >= 0.6 is 0 Å². The molecule has 3 heteroatoms. The van der Waals surface area contributed by atoms with Crippen LogP contribution in [0.4, 0.5) is 17.1 Å². The van der Waals surface area contributed by atoms with Crippen LogP contribution < -0.4 is 9.64 Å². The number of hydrogen-bond donors (Lipinski definition) is 0. The second kappa shape index (κ2) is 14.0. The lowest BCUT2D eigenvalue weighted by Crippen LogP contribution is -2.11. The number of furan rings is 1. The molecule has 0 unspecified atom stereocenters. The zero-order valence-electron chi connectivity index (χ0n) is 32.1. The maximum Gasteiger partial charge on any atom is 0.135 e. The van der Waals surface area contributed by atoms with Crippen molar-refractivity contribution in [2.45, 2.75) is 19.3 Å². The lowest BCUT2D eigenvalue weighted by Gasteiger charge is -2.28. The molecule has 0 saturated heterocycles. The van der Waals surface area contributed by atoms with Gasteiger partial charge in [0, 0.05) is 38.8 Å². The molecule has 0 radical (unpaired) electrons. The topological polar surface area (TPSA) is 25.6 Å². The molecule has 0 saturated carbocycles. The van der Waals surface area contributed by atoms with Gasteiger partial charge in [-0.05, 0) is 111 Å². The van der Waals surface area contributed by atoms with Crippen LogP contribution in [0.3, 0.4) is 0 Å². The molecule has 1 aromatic heterocycles. The SMILES string of the molecule is C[C@@H]1CC=C(c2ccccc2)Oc2ccc3oc4ccc(N(c5ccc(-c6cc7ccccc7c7ccccc67)cc5)c5ccccc5-c5ccccc5)cc4c3c21. The highest BCUT2D eigenvalue weighted by molar-refractivity contribution is 6.14. The highest BCUT2D eigenvalue weighted by Crippen LogP contribution is 2.47. The first-order chi connectivity index (χ1) is 28.7. The maximum atomic E-state index is 6.73. The average molecular weight is 746 g/mol. The number of benzene rings is 9. The van der Waals surface area contributed by atoms with Gasteiger partial charge in [-0.1, -0.05) is 146 Å². The van der Waals surface area contributed by atoms with E-state index < -0.39 is 0 Å². The zero-order chi connectivity index (χ0) is 38.6. The van der Waals surface area contributed by atoms with Crippen LogP contribution in [-0.4, -0.2) is 0 Å². The summed E-state index contributed by atoms with van der Waals surface area (Å²) in [6.07, 6.45) is 3.09. The molecule has 2 heterocycles. The van der Waals surface area contributed by atoms with Crippen molar-refractivity contribution < 1.29 is 9.15 Å². The Bertz CT molecular complexity index is 3180. The van der Waals surface area contributed by atoms with Gasteiger partial charge in [0.05, 0.1) is 5.69 Å². The summed E-state index contributed by atoms with van der Waals surface area (Å²) in [4.78, 5) is 2.39.